The van der Waals surface area contributed by atoms with Gasteiger partial charge in [-0.05, 0) is 72.8 Å². The van der Waals surface area contributed by atoms with Gasteiger partial charge in [0.05, 0.1) is 0 Å². The highest BCUT2D eigenvalue weighted by Crippen LogP contribution is 2.42. The molecule has 0 radical (unpaired) electrons. The summed E-state index contributed by atoms with van der Waals surface area (Å²) >= 11 is 0. The molecule has 6 rings (SSSR count). The molecule has 132 valence electrons. The van der Waals surface area contributed by atoms with Gasteiger partial charge in [-0.3, -0.25) is 0 Å². The Hall–Kier alpha value is -3.58. The minimum atomic E-state index is 0.310. The van der Waals surface area contributed by atoms with Crippen LogP contribution in [0, 0.1) is 0 Å². The van der Waals surface area contributed by atoms with E-state index in [1.165, 1.54) is 54.2 Å². The molecule has 0 aliphatic rings. The summed E-state index contributed by atoms with van der Waals surface area (Å²) in [4.78, 5) is 0. The van der Waals surface area contributed by atoms with Gasteiger partial charge in [-0.25, -0.2) is 0 Å². The van der Waals surface area contributed by atoms with Crippen LogP contribution < -0.4 is 0 Å². The fourth-order valence-corrected chi connectivity index (χ4v) is 4.69. The first kappa shape index (κ1) is 15.5. The quantitative estimate of drug-likeness (QED) is 0.260. The summed E-state index contributed by atoms with van der Waals surface area (Å²) in [5.41, 5.74) is 2.53. The number of rotatable bonds is 2. The van der Waals surface area contributed by atoms with E-state index in [4.69, 9.17) is 0 Å². The molecule has 0 aromatic heterocycles. The third-order valence-corrected chi connectivity index (χ3v) is 5.93. The SMILES string of the molecule is Oc1ccc(Cc2ccc3ccc4cccc5c6ccccc6c2c3c45)cc1. The van der Waals surface area contributed by atoms with Crippen LogP contribution in [0.4, 0.5) is 0 Å². The second kappa shape index (κ2) is 5.71. The van der Waals surface area contributed by atoms with E-state index in [0.29, 0.717) is 5.75 Å². The summed E-state index contributed by atoms with van der Waals surface area (Å²) in [6.07, 6.45) is 0.846. The van der Waals surface area contributed by atoms with Gasteiger partial charge < -0.3 is 5.11 Å². The van der Waals surface area contributed by atoms with E-state index in [-0.39, 0.29) is 0 Å². The van der Waals surface area contributed by atoms with Crippen molar-refractivity contribution in [3.05, 3.63) is 102 Å². The largest absolute Gasteiger partial charge is 0.508 e. The minimum Gasteiger partial charge on any atom is -0.508 e. The smallest absolute Gasteiger partial charge is 0.115 e. The van der Waals surface area contributed by atoms with Gasteiger partial charge in [-0.15, -0.1) is 0 Å². The van der Waals surface area contributed by atoms with E-state index in [1.807, 2.05) is 12.1 Å². The molecule has 1 heteroatoms. The number of hydrogen-bond acceptors (Lipinski definition) is 1. The highest BCUT2D eigenvalue weighted by atomic mass is 16.3. The Labute approximate surface area is 162 Å². The van der Waals surface area contributed by atoms with Gasteiger partial charge in [0.1, 0.15) is 5.75 Å². The number of hydrogen-bond donors (Lipinski definition) is 1. The third-order valence-electron chi connectivity index (χ3n) is 5.93. The molecule has 6 aromatic carbocycles. The second-order valence-electron chi connectivity index (χ2n) is 7.56. The van der Waals surface area contributed by atoms with Gasteiger partial charge in [0.15, 0.2) is 0 Å². The molecule has 0 heterocycles. The summed E-state index contributed by atoms with van der Waals surface area (Å²) in [5, 5.41) is 20.2. The maximum absolute atomic E-state index is 9.62. The molecule has 6 aromatic rings. The Morgan fingerprint density at radius 3 is 1.96 bits per heavy atom. The zero-order valence-electron chi connectivity index (χ0n) is 15.3. The molecular formula is C27H18O. The lowest BCUT2D eigenvalue weighted by Gasteiger charge is -2.17. The van der Waals surface area contributed by atoms with E-state index in [2.05, 4.69) is 66.7 Å². The Balaban J connectivity index is 1.79. The van der Waals surface area contributed by atoms with Crippen molar-refractivity contribution >= 4 is 43.1 Å². The molecule has 1 N–H and O–H groups in total. The van der Waals surface area contributed by atoms with Crippen LogP contribution in [-0.4, -0.2) is 5.11 Å². The molecule has 1 nitrogen and oxygen atoms in total. The van der Waals surface area contributed by atoms with Crippen molar-refractivity contribution in [2.24, 2.45) is 0 Å². The van der Waals surface area contributed by atoms with Crippen molar-refractivity contribution in [1.29, 1.82) is 0 Å². The average molecular weight is 358 g/mol. The van der Waals surface area contributed by atoms with Gasteiger partial charge in [0.25, 0.3) is 0 Å². The predicted octanol–water partition coefficient (Wildman–Crippen LogP) is 7.03. The highest BCUT2D eigenvalue weighted by molar-refractivity contribution is 6.34. The van der Waals surface area contributed by atoms with Crippen LogP contribution in [0.1, 0.15) is 11.1 Å². The van der Waals surface area contributed by atoms with Crippen molar-refractivity contribution in [3.8, 4) is 5.75 Å². The van der Waals surface area contributed by atoms with Crippen molar-refractivity contribution in [2.45, 2.75) is 6.42 Å². The maximum atomic E-state index is 9.62. The third kappa shape index (κ3) is 2.13. The van der Waals surface area contributed by atoms with E-state index in [9.17, 15) is 5.11 Å². The molecule has 0 bridgehead atoms. The lowest BCUT2D eigenvalue weighted by molar-refractivity contribution is 0.475. The monoisotopic (exact) mass is 358 g/mol. The number of phenolic OH excluding ortho intramolecular Hbond substituents is 1. The molecule has 0 aliphatic carbocycles. The number of phenols is 1. The van der Waals surface area contributed by atoms with Crippen LogP contribution in [-0.2, 0) is 6.42 Å². The first-order valence-electron chi connectivity index (χ1n) is 9.64. The standard InChI is InChI=1S/C27H18O/c28-21-14-8-17(9-15-21)16-20-13-12-19-11-10-18-4-3-7-24-22-5-1-2-6-23(22)26(20)27(19)25(18)24/h1-15,28H,16H2. The molecule has 0 saturated heterocycles. The fourth-order valence-electron chi connectivity index (χ4n) is 4.69. The van der Waals surface area contributed by atoms with Crippen LogP contribution >= 0.6 is 0 Å². The van der Waals surface area contributed by atoms with Crippen LogP contribution in [0.5, 0.6) is 5.75 Å². The van der Waals surface area contributed by atoms with Gasteiger partial charge in [-0.1, -0.05) is 78.9 Å². The summed E-state index contributed by atoms with van der Waals surface area (Å²) in [6, 6.07) is 31.9. The molecule has 28 heavy (non-hydrogen) atoms. The summed E-state index contributed by atoms with van der Waals surface area (Å²) in [5.74, 6) is 0.310. The maximum Gasteiger partial charge on any atom is 0.115 e. The zero-order valence-corrected chi connectivity index (χ0v) is 15.3. The molecule has 0 unspecified atom stereocenters. The first-order valence-corrected chi connectivity index (χ1v) is 9.64. The van der Waals surface area contributed by atoms with Crippen molar-refractivity contribution in [3.63, 3.8) is 0 Å². The Kier molecular flexibility index (Phi) is 3.15. The van der Waals surface area contributed by atoms with E-state index < -0.39 is 0 Å². The van der Waals surface area contributed by atoms with E-state index in [0.717, 1.165) is 6.42 Å². The lowest BCUT2D eigenvalue weighted by Crippen LogP contribution is -1.94. The van der Waals surface area contributed by atoms with Gasteiger partial charge in [0.2, 0.25) is 0 Å². The summed E-state index contributed by atoms with van der Waals surface area (Å²) < 4.78 is 0. The number of benzene rings is 6. The van der Waals surface area contributed by atoms with E-state index in [1.54, 1.807) is 12.1 Å². The second-order valence-corrected chi connectivity index (χ2v) is 7.56. The topological polar surface area (TPSA) is 20.2 Å². The number of aromatic hydroxyl groups is 1. The van der Waals surface area contributed by atoms with Crippen molar-refractivity contribution in [1.82, 2.24) is 0 Å². The molecule has 0 atom stereocenters. The summed E-state index contributed by atoms with van der Waals surface area (Å²) in [6.45, 7) is 0. The van der Waals surface area contributed by atoms with Crippen LogP contribution in [0.15, 0.2) is 91.0 Å². The minimum absolute atomic E-state index is 0.310. The van der Waals surface area contributed by atoms with Gasteiger partial charge in [0, 0.05) is 0 Å². The van der Waals surface area contributed by atoms with Gasteiger partial charge >= 0.3 is 0 Å². The average Bonchev–Trinajstić information content (AvgIpc) is 2.75. The van der Waals surface area contributed by atoms with Crippen LogP contribution in [0.3, 0.4) is 0 Å². The molecular weight excluding hydrogens is 340 g/mol. The highest BCUT2D eigenvalue weighted by Gasteiger charge is 2.15. The lowest BCUT2D eigenvalue weighted by atomic mass is 9.86. The van der Waals surface area contributed by atoms with Crippen LogP contribution in [0.25, 0.3) is 43.1 Å². The Bertz CT molecular complexity index is 1480. The molecule has 0 amide bonds. The Morgan fingerprint density at radius 1 is 0.500 bits per heavy atom. The van der Waals surface area contributed by atoms with Gasteiger partial charge in [-0.2, -0.15) is 0 Å². The van der Waals surface area contributed by atoms with E-state index >= 15 is 0 Å². The fraction of sp³-hybridized carbons (Fsp3) is 0.0370. The molecule has 0 aliphatic heterocycles. The van der Waals surface area contributed by atoms with Crippen molar-refractivity contribution < 1.29 is 5.11 Å². The first-order chi connectivity index (χ1) is 13.8. The Morgan fingerprint density at radius 2 is 1.14 bits per heavy atom. The predicted molar refractivity (Wildman–Crippen MR) is 119 cm³/mol. The normalized spacial score (nSPS) is 11.9. The number of fused-ring (bicyclic) bond motifs is 3. The molecule has 0 fully saturated rings. The van der Waals surface area contributed by atoms with Crippen molar-refractivity contribution in [2.75, 3.05) is 0 Å². The van der Waals surface area contributed by atoms with Crippen LogP contribution in [0.2, 0.25) is 0 Å². The zero-order chi connectivity index (χ0) is 18.7. The molecule has 0 saturated carbocycles. The summed E-state index contributed by atoms with van der Waals surface area (Å²) in [7, 11) is 0. The molecule has 0 spiro atoms.